The van der Waals surface area contributed by atoms with Crippen LogP contribution in [0.3, 0.4) is 0 Å². The summed E-state index contributed by atoms with van der Waals surface area (Å²) in [6.45, 7) is 3.34. The van der Waals surface area contributed by atoms with E-state index in [9.17, 15) is 14.7 Å². The number of hydrogen-bond acceptors (Lipinski definition) is 5. The van der Waals surface area contributed by atoms with Gasteiger partial charge in [-0.25, -0.2) is 0 Å². The van der Waals surface area contributed by atoms with Gasteiger partial charge in [0, 0.05) is 23.7 Å². The molecule has 2 aliphatic rings. The molecule has 4 rings (SSSR count). The van der Waals surface area contributed by atoms with E-state index in [1.807, 2.05) is 6.92 Å². The van der Waals surface area contributed by atoms with Crippen LogP contribution in [0.15, 0.2) is 54.1 Å². The lowest BCUT2D eigenvalue weighted by Crippen LogP contribution is -2.36. The Balaban J connectivity index is 1.77. The van der Waals surface area contributed by atoms with E-state index in [2.05, 4.69) is 0 Å². The number of ether oxygens (including phenoxy) is 2. The maximum Gasteiger partial charge on any atom is 0.295 e. The van der Waals surface area contributed by atoms with Crippen molar-refractivity contribution in [1.82, 2.24) is 4.90 Å². The average Bonchev–Trinajstić information content (AvgIpc) is 3.37. The van der Waals surface area contributed by atoms with Crippen LogP contribution < -0.4 is 4.74 Å². The quantitative estimate of drug-likeness (QED) is 0.410. The lowest BCUT2D eigenvalue weighted by Gasteiger charge is -2.27. The number of ketones is 1. The molecule has 2 atom stereocenters. The standard InChI is InChI=1S/C24H24ClNO5/c1-2-30-18-11-7-16(8-12-18)22(27)20-21(15-5-9-17(25)10-6-15)26(24(29)23(20)28)14-19-4-3-13-31-19/h5-12,19,21,27H,2-4,13-14H2,1H3/t19-,21-/m0/s1. The summed E-state index contributed by atoms with van der Waals surface area (Å²) in [6.07, 6.45) is 1.63. The van der Waals surface area contributed by atoms with Gasteiger partial charge in [0.2, 0.25) is 0 Å². The molecule has 0 radical (unpaired) electrons. The number of likely N-dealkylation sites (tertiary alicyclic amines) is 1. The van der Waals surface area contributed by atoms with Crippen molar-refractivity contribution >= 4 is 29.1 Å². The largest absolute Gasteiger partial charge is 0.507 e. The fraction of sp³-hybridized carbons (Fsp3) is 0.333. The van der Waals surface area contributed by atoms with Crippen LogP contribution in [0.25, 0.3) is 5.76 Å². The molecule has 0 aliphatic carbocycles. The van der Waals surface area contributed by atoms with Crippen LogP contribution in [-0.4, -0.2) is 47.6 Å². The Hall–Kier alpha value is -2.83. The van der Waals surface area contributed by atoms with Gasteiger partial charge < -0.3 is 19.5 Å². The summed E-state index contributed by atoms with van der Waals surface area (Å²) in [5.74, 6) is -0.893. The molecule has 6 nitrogen and oxygen atoms in total. The highest BCUT2D eigenvalue weighted by Crippen LogP contribution is 2.40. The molecule has 1 N–H and O–H groups in total. The fourth-order valence-corrected chi connectivity index (χ4v) is 4.22. The van der Waals surface area contributed by atoms with E-state index in [0.29, 0.717) is 35.1 Å². The molecule has 0 unspecified atom stereocenters. The summed E-state index contributed by atoms with van der Waals surface area (Å²) in [4.78, 5) is 27.5. The second-order valence-corrected chi connectivity index (χ2v) is 8.03. The second-order valence-electron chi connectivity index (χ2n) is 7.60. The third kappa shape index (κ3) is 4.31. The number of halogens is 1. The number of hydrogen-bond donors (Lipinski definition) is 1. The molecule has 2 aromatic carbocycles. The van der Waals surface area contributed by atoms with Gasteiger partial charge in [-0.1, -0.05) is 23.7 Å². The van der Waals surface area contributed by atoms with Crippen LogP contribution in [0.5, 0.6) is 5.75 Å². The molecule has 2 aromatic rings. The lowest BCUT2D eigenvalue weighted by molar-refractivity contribution is -0.140. The molecule has 2 saturated heterocycles. The van der Waals surface area contributed by atoms with Gasteiger partial charge in [0.1, 0.15) is 11.5 Å². The van der Waals surface area contributed by atoms with Crippen LogP contribution in [0.4, 0.5) is 0 Å². The number of aliphatic hydroxyl groups is 1. The number of amides is 1. The monoisotopic (exact) mass is 441 g/mol. The van der Waals surface area contributed by atoms with Gasteiger partial charge in [0.05, 0.1) is 24.3 Å². The number of carbonyl (C=O) groups is 2. The molecule has 2 heterocycles. The average molecular weight is 442 g/mol. The van der Waals surface area contributed by atoms with Gasteiger partial charge in [-0.3, -0.25) is 9.59 Å². The maximum absolute atomic E-state index is 13.0. The van der Waals surface area contributed by atoms with E-state index >= 15 is 0 Å². The van der Waals surface area contributed by atoms with E-state index in [-0.39, 0.29) is 24.0 Å². The normalized spacial score (nSPS) is 22.8. The second kappa shape index (κ2) is 9.12. The van der Waals surface area contributed by atoms with E-state index in [0.717, 1.165) is 12.8 Å². The first-order valence-electron chi connectivity index (χ1n) is 10.4. The summed E-state index contributed by atoms with van der Waals surface area (Å²) in [5.41, 5.74) is 1.21. The van der Waals surface area contributed by atoms with Crippen LogP contribution in [-0.2, 0) is 14.3 Å². The molecule has 0 aromatic heterocycles. The fourth-order valence-electron chi connectivity index (χ4n) is 4.10. The van der Waals surface area contributed by atoms with Gasteiger partial charge in [0.25, 0.3) is 11.7 Å². The number of nitrogens with zero attached hydrogens (tertiary/aromatic N) is 1. The van der Waals surface area contributed by atoms with Gasteiger partial charge in [0.15, 0.2) is 0 Å². The predicted octanol–water partition coefficient (Wildman–Crippen LogP) is 4.34. The van der Waals surface area contributed by atoms with Crippen molar-refractivity contribution in [3.05, 3.63) is 70.3 Å². The molecule has 0 spiro atoms. The Morgan fingerprint density at radius 2 is 1.87 bits per heavy atom. The van der Waals surface area contributed by atoms with Gasteiger partial charge in [-0.2, -0.15) is 0 Å². The van der Waals surface area contributed by atoms with Crippen molar-refractivity contribution in [3.8, 4) is 5.75 Å². The molecule has 2 aliphatic heterocycles. The summed E-state index contributed by atoms with van der Waals surface area (Å²) >= 11 is 6.04. The predicted molar refractivity (Wildman–Crippen MR) is 117 cm³/mol. The Bertz CT molecular complexity index is 994. The molecule has 31 heavy (non-hydrogen) atoms. The smallest absolute Gasteiger partial charge is 0.295 e. The van der Waals surface area contributed by atoms with Crippen molar-refractivity contribution in [2.45, 2.75) is 31.9 Å². The van der Waals surface area contributed by atoms with Crippen LogP contribution in [0.2, 0.25) is 5.02 Å². The van der Waals surface area contributed by atoms with Crippen LogP contribution in [0.1, 0.15) is 36.9 Å². The molecular weight excluding hydrogens is 418 g/mol. The minimum atomic E-state index is -0.715. The summed E-state index contributed by atoms with van der Waals surface area (Å²) in [5, 5.41) is 11.6. The third-order valence-electron chi connectivity index (χ3n) is 5.59. The Morgan fingerprint density at radius 1 is 1.16 bits per heavy atom. The van der Waals surface area contributed by atoms with Gasteiger partial charge in [-0.05, 0) is 61.7 Å². The van der Waals surface area contributed by atoms with Crippen LogP contribution in [0, 0.1) is 0 Å². The highest BCUT2D eigenvalue weighted by Gasteiger charge is 2.47. The van der Waals surface area contributed by atoms with Crippen molar-refractivity contribution in [3.63, 3.8) is 0 Å². The van der Waals surface area contributed by atoms with Crippen molar-refractivity contribution in [2.24, 2.45) is 0 Å². The van der Waals surface area contributed by atoms with E-state index < -0.39 is 17.7 Å². The number of rotatable bonds is 6. The van der Waals surface area contributed by atoms with E-state index in [1.165, 1.54) is 4.90 Å². The number of aliphatic hydroxyl groups excluding tert-OH is 1. The molecule has 7 heteroatoms. The highest BCUT2D eigenvalue weighted by molar-refractivity contribution is 6.46. The first kappa shape index (κ1) is 21.4. The zero-order chi connectivity index (χ0) is 22.0. The summed E-state index contributed by atoms with van der Waals surface area (Å²) < 4.78 is 11.1. The Labute approximate surface area is 186 Å². The first-order chi connectivity index (χ1) is 15.0. The van der Waals surface area contributed by atoms with Crippen molar-refractivity contribution in [2.75, 3.05) is 19.8 Å². The number of Topliss-reactive ketones (excluding diaryl/α,β-unsaturated/α-hetero) is 1. The van der Waals surface area contributed by atoms with E-state index in [4.69, 9.17) is 21.1 Å². The summed E-state index contributed by atoms with van der Waals surface area (Å²) in [7, 11) is 0. The Kier molecular flexibility index (Phi) is 6.30. The SMILES string of the molecule is CCOc1ccc(C(O)=C2C(=O)C(=O)N(C[C@@H]3CCCO3)[C@H]2c2ccc(Cl)cc2)cc1. The third-order valence-corrected chi connectivity index (χ3v) is 5.84. The van der Waals surface area contributed by atoms with Gasteiger partial charge >= 0.3 is 0 Å². The molecular formula is C24H24ClNO5. The van der Waals surface area contributed by atoms with E-state index in [1.54, 1.807) is 48.5 Å². The molecule has 0 bridgehead atoms. The topological polar surface area (TPSA) is 76.1 Å². The molecule has 0 saturated carbocycles. The van der Waals surface area contributed by atoms with Crippen LogP contribution >= 0.6 is 11.6 Å². The Morgan fingerprint density at radius 3 is 2.48 bits per heavy atom. The zero-order valence-corrected chi connectivity index (χ0v) is 18.0. The van der Waals surface area contributed by atoms with Crippen molar-refractivity contribution in [1.29, 1.82) is 0 Å². The minimum Gasteiger partial charge on any atom is -0.507 e. The summed E-state index contributed by atoms with van der Waals surface area (Å²) in [6, 6.07) is 13.0. The first-order valence-corrected chi connectivity index (χ1v) is 10.8. The van der Waals surface area contributed by atoms with Crippen molar-refractivity contribution < 1.29 is 24.2 Å². The number of benzene rings is 2. The zero-order valence-electron chi connectivity index (χ0n) is 17.2. The molecule has 1 amide bonds. The minimum absolute atomic E-state index is 0.0643. The highest BCUT2D eigenvalue weighted by atomic mass is 35.5. The lowest BCUT2D eigenvalue weighted by atomic mass is 9.95. The molecule has 2 fully saturated rings. The maximum atomic E-state index is 13.0. The number of carbonyl (C=O) groups excluding carboxylic acids is 2. The molecule has 162 valence electrons. The van der Waals surface area contributed by atoms with Gasteiger partial charge in [-0.15, -0.1) is 0 Å².